The molecule has 0 fully saturated rings. The van der Waals surface area contributed by atoms with Crippen molar-refractivity contribution in [1.82, 2.24) is 10.6 Å². The van der Waals surface area contributed by atoms with Crippen LogP contribution in [0.25, 0.3) is 10.8 Å². The average molecular weight is 508 g/mol. The van der Waals surface area contributed by atoms with Crippen LogP contribution in [0.1, 0.15) is 27.9 Å². The lowest BCUT2D eigenvalue weighted by Crippen LogP contribution is -2.47. The van der Waals surface area contributed by atoms with Crippen LogP contribution in [0.2, 0.25) is 0 Å². The molecule has 2 N–H and O–H groups in total. The highest BCUT2D eigenvalue weighted by Crippen LogP contribution is 2.33. The van der Waals surface area contributed by atoms with Gasteiger partial charge in [0.15, 0.2) is 5.76 Å². The molecule has 38 heavy (non-hydrogen) atoms. The van der Waals surface area contributed by atoms with Gasteiger partial charge in [-0.1, -0.05) is 66.7 Å². The predicted octanol–water partition coefficient (Wildman–Crippen LogP) is 4.85. The van der Waals surface area contributed by atoms with Gasteiger partial charge < -0.3 is 19.5 Å². The summed E-state index contributed by atoms with van der Waals surface area (Å²) in [5.41, 5.74) is 1.16. The van der Waals surface area contributed by atoms with Crippen molar-refractivity contribution in [1.29, 1.82) is 0 Å². The fraction of sp³-hybridized carbons (Fsp3) is 0.100. The number of nitrogens with one attached hydrogen (secondary N) is 2. The van der Waals surface area contributed by atoms with Gasteiger partial charge in [0.2, 0.25) is 11.8 Å². The normalized spacial score (nSPS) is 11.6. The number of hydrogen-bond acceptors (Lipinski definition) is 5. The van der Waals surface area contributed by atoms with Gasteiger partial charge in [0.05, 0.1) is 31.3 Å². The molecular formula is C30H25N3O5. The molecule has 8 heteroatoms. The summed E-state index contributed by atoms with van der Waals surface area (Å²) in [6, 6.07) is 27.8. The van der Waals surface area contributed by atoms with Crippen molar-refractivity contribution in [3.63, 3.8) is 0 Å². The van der Waals surface area contributed by atoms with E-state index in [1.54, 1.807) is 36.4 Å². The SMILES string of the molecule is O=C(NCC(=O)N(c1cccc2ccccc12)[C@H](C(=O)NCc1ccco1)c1ccccc1)c1ccco1. The number of amides is 3. The van der Waals surface area contributed by atoms with Gasteiger partial charge in [0, 0.05) is 5.39 Å². The number of hydrogen-bond donors (Lipinski definition) is 2. The van der Waals surface area contributed by atoms with Crippen molar-refractivity contribution in [2.24, 2.45) is 0 Å². The van der Waals surface area contributed by atoms with Gasteiger partial charge in [-0.05, 0) is 41.3 Å². The highest BCUT2D eigenvalue weighted by atomic mass is 16.3. The van der Waals surface area contributed by atoms with Gasteiger partial charge in [-0.2, -0.15) is 0 Å². The first-order valence-corrected chi connectivity index (χ1v) is 12.1. The largest absolute Gasteiger partial charge is 0.467 e. The minimum Gasteiger partial charge on any atom is -0.467 e. The molecule has 0 spiro atoms. The Morgan fingerprint density at radius 1 is 0.737 bits per heavy atom. The van der Waals surface area contributed by atoms with Crippen LogP contribution < -0.4 is 15.5 Å². The molecule has 0 aliphatic carbocycles. The predicted molar refractivity (Wildman–Crippen MR) is 142 cm³/mol. The number of rotatable bonds is 9. The number of benzene rings is 3. The molecule has 3 amide bonds. The van der Waals surface area contributed by atoms with Crippen LogP contribution in [0.4, 0.5) is 5.69 Å². The molecule has 0 saturated heterocycles. The molecule has 0 bridgehead atoms. The highest BCUT2D eigenvalue weighted by molar-refractivity contribution is 6.09. The fourth-order valence-electron chi connectivity index (χ4n) is 4.31. The van der Waals surface area contributed by atoms with E-state index in [9.17, 15) is 14.4 Å². The van der Waals surface area contributed by atoms with E-state index < -0.39 is 23.8 Å². The number of furan rings is 2. The molecule has 5 rings (SSSR count). The van der Waals surface area contributed by atoms with Crippen molar-refractivity contribution in [3.8, 4) is 0 Å². The Kier molecular flexibility index (Phi) is 7.31. The minimum atomic E-state index is -1.02. The Labute approximate surface area is 218 Å². The molecule has 2 heterocycles. The third-order valence-electron chi connectivity index (χ3n) is 6.08. The maximum Gasteiger partial charge on any atom is 0.287 e. The van der Waals surface area contributed by atoms with Crippen LogP contribution in [0.3, 0.4) is 0 Å². The van der Waals surface area contributed by atoms with Crippen molar-refractivity contribution >= 4 is 34.2 Å². The summed E-state index contributed by atoms with van der Waals surface area (Å²) in [5, 5.41) is 7.21. The van der Waals surface area contributed by atoms with Crippen molar-refractivity contribution in [2.75, 3.05) is 11.4 Å². The van der Waals surface area contributed by atoms with Crippen LogP contribution in [0, 0.1) is 0 Å². The molecule has 0 radical (unpaired) electrons. The molecule has 2 aromatic heterocycles. The summed E-state index contributed by atoms with van der Waals surface area (Å²) in [6.07, 6.45) is 2.91. The van der Waals surface area contributed by atoms with E-state index in [4.69, 9.17) is 8.83 Å². The third kappa shape index (κ3) is 5.34. The summed E-state index contributed by atoms with van der Waals surface area (Å²) in [5.74, 6) is -0.724. The first-order chi connectivity index (χ1) is 18.6. The van der Waals surface area contributed by atoms with Crippen LogP contribution in [0.5, 0.6) is 0 Å². The van der Waals surface area contributed by atoms with Gasteiger partial charge in [-0.15, -0.1) is 0 Å². The monoisotopic (exact) mass is 507 g/mol. The molecule has 190 valence electrons. The second kappa shape index (κ2) is 11.3. The van der Waals surface area contributed by atoms with Crippen molar-refractivity contribution in [2.45, 2.75) is 12.6 Å². The maximum atomic E-state index is 13.9. The van der Waals surface area contributed by atoms with E-state index in [0.717, 1.165) is 10.8 Å². The molecule has 8 nitrogen and oxygen atoms in total. The van der Waals surface area contributed by atoms with Crippen LogP contribution in [0.15, 0.2) is 118 Å². The topological polar surface area (TPSA) is 105 Å². The lowest BCUT2D eigenvalue weighted by atomic mass is 10.0. The molecular weight excluding hydrogens is 482 g/mol. The summed E-state index contributed by atoms with van der Waals surface area (Å²) in [7, 11) is 0. The molecule has 5 aromatic rings. The smallest absolute Gasteiger partial charge is 0.287 e. The second-order valence-corrected chi connectivity index (χ2v) is 8.53. The Bertz CT molecular complexity index is 1520. The molecule has 3 aromatic carbocycles. The van der Waals surface area contributed by atoms with Gasteiger partial charge in [0.1, 0.15) is 11.8 Å². The Hall–Kier alpha value is -5.11. The number of nitrogens with zero attached hydrogens (tertiary/aromatic N) is 1. The van der Waals surface area contributed by atoms with E-state index >= 15 is 0 Å². The standard InChI is InChI=1S/C30H25N3O5/c34-27(20-32-29(35)26-16-8-18-38-26)33(25-15-6-12-21-9-4-5-14-24(21)25)28(22-10-2-1-3-11-22)30(36)31-19-23-13-7-17-37-23/h1-18,28H,19-20H2,(H,31,36)(H,32,35)/t28-/m0/s1. The Morgan fingerprint density at radius 2 is 1.47 bits per heavy atom. The third-order valence-corrected chi connectivity index (χ3v) is 6.08. The van der Waals surface area contributed by atoms with Crippen molar-refractivity contribution in [3.05, 3.63) is 127 Å². The molecule has 0 unspecified atom stereocenters. The van der Waals surface area contributed by atoms with Gasteiger partial charge in [-0.3, -0.25) is 19.3 Å². The number of fused-ring (bicyclic) bond motifs is 1. The van der Waals surface area contributed by atoms with E-state index in [1.807, 2.05) is 54.6 Å². The molecule has 0 aliphatic heterocycles. The van der Waals surface area contributed by atoms with E-state index in [0.29, 0.717) is 17.0 Å². The van der Waals surface area contributed by atoms with E-state index in [-0.39, 0.29) is 18.8 Å². The zero-order chi connectivity index (χ0) is 26.3. The molecule has 0 aliphatic rings. The van der Waals surface area contributed by atoms with Gasteiger partial charge in [-0.25, -0.2) is 0 Å². The number of carbonyl (C=O) groups excluding carboxylic acids is 3. The van der Waals surface area contributed by atoms with Gasteiger partial charge in [0.25, 0.3) is 5.91 Å². The van der Waals surface area contributed by atoms with Crippen LogP contribution in [-0.2, 0) is 16.1 Å². The lowest BCUT2D eigenvalue weighted by Gasteiger charge is -2.32. The van der Waals surface area contributed by atoms with Crippen LogP contribution >= 0.6 is 0 Å². The van der Waals surface area contributed by atoms with E-state index in [1.165, 1.54) is 23.5 Å². The zero-order valence-corrected chi connectivity index (χ0v) is 20.4. The average Bonchev–Trinajstić information content (AvgIpc) is 3.68. The number of carbonyl (C=O) groups is 3. The Balaban J connectivity index is 1.55. The Morgan fingerprint density at radius 3 is 2.24 bits per heavy atom. The lowest BCUT2D eigenvalue weighted by molar-refractivity contribution is -0.126. The fourth-order valence-corrected chi connectivity index (χ4v) is 4.31. The summed E-state index contributed by atoms with van der Waals surface area (Å²) in [6.45, 7) is -0.195. The molecule has 1 atom stereocenters. The maximum absolute atomic E-state index is 13.9. The van der Waals surface area contributed by atoms with Crippen LogP contribution in [-0.4, -0.2) is 24.3 Å². The van der Waals surface area contributed by atoms with Gasteiger partial charge >= 0.3 is 0 Å². The summed E-state index contributed by atoms with van der Waals surface area (Å²) < 4.78 is 10.5. The summed E-state index contributed by atoms with van der Waals surface area (Å²) in [4.78, 5) is 41.6. The second-order valence-electron chi connectivity index (χ2n) is 8.53. The first-order valence-electron chi connectivity index (χ1n) is 12.1. The molecule has 0 saturated carbocycles. The zero-order valence-electron chi connectivity index (χ0n) is 20.4. The number of anilines is 1. The summed E-state index contributed by atoms with van der Waals surface area (Å²) >= 11 is 0. The van der Waals surface area contributed by atoms with Crippen molar-refractivity contribution < 1.29 is 23.2 Å². The van der Waals surface area contributed by atoms with E-state index in [2.05, 4.69) is 10.6 Å². The minimum absolute atomic E-state index is 0.0883. The highest BCUT2D eigenvalue weighted by Gasteiger charge is 2.33. The quantitative estimate of drug-likeness (QED) is 0.297. The first kappa shape index (κ1) is 24.6.